The number of ether oxygens (including phenoxy) is 3. The van der Waals surface area contributed by atoms with Crippen LogP contribution in [0.15, 0.2) is 72.3 Å². The fourth-order valence-corrected chi connectivity index (χ4v) is 2.97. The summed E-state index contributed by atoms with van der Waals surface area (Å²) in [7, 11) is 2.95. The summed E-state index contributed by atoms with van der Waals surface area (Å²) >= 11 is 0. The Morgan fingerprint density at radius 3 is 2.37 bits per heavy atom. The van der Waals surface area contributed by atoms with E-state index in [0.717, 1.165) is 0 Å². The van der Waals surface area contributed by atoms with Crippen molar-refractivity contribution in [3.05, 3.63) is 83.7 Å². The monoisotopic (exact) mass is 475 g/mol. The molecule has 0 aliphatic rings. The maximum Gasteiger partial charge on any atom is 0.266 e. The van der Waals surface area contributed by atoms with Crippen molar-refractivity contribution in [1.82, 2.24) is 0 Å². The molecule has 3 aromatic rings. The molecule has 0 bridgehead atoms. The predicted octanol–water partition coefficient (Wildman–Crippen LogP) is 4.41. The van der Waals surface area contributed by atoms with Crippen LogP contribution in [0.5, 0.6) is 17.2 Å². The molecule has 0 unspecified atom stereocenters. The maximum atomic E-state index is 13.7. The molecule has 0 aliphatic heterocycles. The van der Waals surface area contributed by atoms with Crippen LogP contribution in [0.2, 0.25) is 0 Å². The second-order valence-corrected chi connectivity index (χ2v) is 7.08. The molecule has 0 fully saturated rings. The molecule has 35 heavy (non-hydrogen) atoms. The molecule has 2 N–H and O–H groups in total. The normalized spacial score (nSPS) is 10.6. The highest BCUT2D eigenvalue weighted by atomic mass is 19.1. The van der Waals surface area contributed by atoms with Gasteiger partial charge in [0, 0.05) is 5.69 Å². The van der Waals surface area contributed by atoms with Crippen LogP contribution in [0, 0.1) is 17.1 Å². The first kappa shape index (κ1) is 24.8. The van der Waals surface area contributed by atoms with E-state index in [1.54, 1.807) is 42.5 Å². The van der Waals surface area contributed by atoms with Gasteiger partial charge in [0.25, 0.3) is 11.8 Å². The molecule has 0 aliphatic carbocycles. The first-order chi connectivity index (χ1) is 16.9. The third kappa shape index (κ3) is 6.82. The number of hydrogen-bond acceptors (Lipinski definition) is 6. The van der Waals surface area contributed by atoms with Crippen LogP contribution in [0.25, 0.3) is 6.08 Å². The van der Waals surface area contributed by atoms with Crippen molar-refractivity contribution in [1.29, 1.82) is 5.26 Å². The van der Waals surface area contributed by atoms with Crippen LogP contribution >= 0.6 is 0 Å². The molecule has 0 radical (unpaired) electrons. The van der Waals surface area contributed by atoms with Gasteiger partial charge in [-0.2, -0.15) is 5.26 Å². The molecule has 9 heteroatoms. The van der Waals surface area contributed by atoms with Crippen molar-refractivity contribution < 1.29 is 28.2 Å². The van der Waals surface area contributed by atoms with Gasteiger partial charge in [0.05, 0.1) is 19.9 Å². The summed E-state index contributed by atoms with van der Waals surface area (Å²) < 4.78 is 29.6. The molecule has 3 rings (SSSR count). The molecule has 0 heterocycles. The van der Waals surface area contributed by atoms with Gasteiger partial charge < -0.3 is 24.8 Å². The van der Waals surface area contributed by atoms with Gasteiger partial charge in [0.15, 0.2) is 18.1 Å². The summed E-state index contributed by atoms with van der Waals surface area (Å²) in [6.07, 6.45) is 1.40. The van der Waals surface area contributed by atoms with Crippen LogP contribution in [0.1, 0.15) is 5.56 Å². The summed E-state index contributed by atoms with van der Waals surface area (Å²) in [6.45, 7) is -0.381. The molecule has 0 spiro atoms. The largest absolute Gasteiger partial charge is 0.497 e. The van der Waals surface area contributed by atoms with E-state index < -0.39 is 17.6 Å². The Balaban J connectivity index is 1.67. The van der Waals surface area contributed by atoms with E-state index in [1.807, 2.05) is 6.07 Å². The number of methoxy groups -OCH3 is 2. The molecule has 178 valence electrons. The quantitative estimate of drug-likeness (QED) is 0.351. The summed E-state index contributed by atoms with van der Waals surface area (Å²) in [5.41, 5.74) is 0.935. The number of para-hydroxylation sites is 1. The fourth-order valence-electron chi connectivity index (χ4n) is 2.97. The van der Waals surface area contributed by atoms with E-state index in [-0.39, 0.29) is 29.4 Å². The number of carbonyl (C=O) groups is 2. The van der Waals surface area contributed by atoms with Crippen molar-refractivity contribution in [2.75, 3.05) is 31.5 Å². The lowest BCUT2D eigenvalue weighted by molar-refractivity contribution is -0.118. The van der Waals surface area contributed by atoms with Crippen molar-refractivity contribution in [3.63, 3.8) is 0 Å². The standard InChI is InChI=1S/C26H22FN3O5/c1-33-20-10-8-19(9-11-20)29-26(32)18(15-28)13-17-7-12-23(24(14-17)34-2)35-16-25(31)30-22-6-4-3-5-21(22)27/h3-14H,16H2,1-2H3,(H,29,32)(H,30,31)/b18-13-. The summed E-state index contributed by atoms with van der Waals surface area (Å²) in [5.74, 6) is -0.512. The van der Waals surface area contributed by atoms with E-state index >= 15 is 0 Å². The number of rotatable bonds is 9. The minimum absolute atomic E-state index is 0.0468. The highest BCUT2D eigenvalue weighted by Gasteiger charge is 2.13. The number of carbonyl (C=O) groups excluding carboxylic acids is 2. The SMILES string of the molecule is COc1ccc(NC(=O)/C(C#N)=C\c2ccc(OCC(=O)Nc3ccccc3F)c(OC)c2)cc1. The Labute approximate surface area is 201 Å². The van der Waals surface area contributed by atoms with Crippen LogP contribution in [0.4, 0.5) is 15.8 Å². The van der Waals surface area contributed by atoms with E-state index in [9.17, 15) is 19.2 Å². The van der Waals surface area contributed by atoms with Gasteiger partial charge in [-0.15, -0.1) is 0 Å². The van der Waals surface area contributed by atoms with E-state index in [1.165, 1.54) is 44.6 Å². The molecule has 0 aromatic heterocycles. The average Bonchev–Trinajstić information content (AvgIpc) is 2.88. The molecule has 2 amide bonds. The molecule has 0 saturated carbocycles. The smallest absolute Gasteiger partial charge is 0.266 e. The zero-order chi connectivity index (χ0) is 25.2. The summed E-state index contributed by atoms with van der Waals surface area (Å²) in [4.78, 5) is 24.6. The van der Waals surface area contributed by atoms with Gasteiger partial charge in [-0.1, -0.05) is 18.2 Å². The third-order valence-corrected chi connectivity index (χ3v) is 4.72. The Morgan fingerprint density at radius 2 is 1.71 bits per heavy atom. The van der Waals surface area contributed by atoms with Gasteiger partial charge in [-0.25, -0.2) is 4.39 Å². The minimum atomic E-state index is -0.582. The van der Waals surface area contributed by atoms with E-state index in [0.29, 0.717) is 17.0 Å². The number of nitrogens with one attached hydrogen (secondary N) is 2. The lowest BCUT2D eigenvalue weighted by Crippen LogP contribution is -2.20. The van der Waals surface area contributed by atoms with Crippen molar-refractivity contribution in [2.24, 2.45) is 0 Å². The summed E-state index contributed by atoms with van der Waals surface area (Å²) in [6, 6.07) is 19.1. The second kappa shape index (κ2) is 11.9. The zero-order valence-corrected chi connectivity index (χ0v) is 19.0. The highest BCUT2D eigenvalue weighted by molar-refractivity contribution is 6.09. The number of benzene rings is 3. The Hall–Kier alpha value is -4.84. The fraction of sp³-hybridized carbons (Fsp3) is 0.115. The van der Waals surface area contributed by atoms with Crippen LogP contribution in [0.3, 0.4) is 0 Å². The lowest BCUT2D eigenvalue weighted by atomic mass is 10.1. The number of hydrogen-bond donors (Lipinski definition) is 2. The van der Waals surface area contributed by atoms with Crippen molar-refractivity contribution in [2.45, 2.75) is 0 Å². The molecule has 8 nitrogen and oxygen atoms in total. The first-order valence-corrected chi connectivity index (χ1v) is 10.4. The van der Waals surface area contributed by atoms with Gasteiger partial charge in [-0.05, 0) is 60.2 Å². The topological polar surface area (TPSA) is 110 Å². The molecule has 0 saturated heterocycles. The van der Waals surface area contributed by atoms with Crippen LogP contribution in [-0.4, -0.2) is 32.6 Å². The van der Waals surface area contributed by atoms with Gasteiger partial charge in [0.2, 0.25) is 0 Å². The van der Waals surface area contributed by atoms with Crippen LogP contribution in [-0.2, 0) is 9.59 Å². The number of halogens is 1. The highest BCUT2D eigenvalue weighted by Crippen LogP contribution is 2.29. The number of anilines is 2. The van der Waals surface area contributed by atoms with E-state index in [4.69, 9.17) is 14.2 Å². The summed E-state index contributed by atoms with van der Waals surface area (Å²) in [5, 5.41) is 14.5. The first-order valence-electron chi connectivity index (χ1n) is 10.4. The molecule has 0 atom stereocenters. The average molecular weight is 475 g/mol. The van der Waals surface area contributed by atoms with Gasteiger partial charge in [-0.3, -0.25) is 9.59 Å². The number of nitriles is 1. The van der Waals surface area contributed by atoms with Crippen molar-refractivity contribution >= 4 is 29.3 Å². The number of amides is 2. The Morgan fingerprint density at radius 1 is 0.971 bits per heavy atom. The zero-order valence-electron chi connectivity index (χ0n) is 19.0. The Bertz CT molecular complexity index is 1280. The van der Waals surface area contributed by atoms with Crippen LogP contribution < -0.4 is 24.8 Å². The third-order valence-electron chi connectivity index (χ3n) is 4.72. The lowest BCUT2D eigenvalue weighted by Gasteiger charge is -2.12. The maximum absolute atomic E-state index is 13.7. The molecular weight excluding hydrogens is 453 g/mol. The second-order valence-electron chi connectivity index (χ2n) is 7.08. The predicted molar refractivity (Wildman–Crippen MR) is 129 cm³/mol. The molecular formula is C26H22FN3O5. The number of nitrogens with zero attached hydrogens (tertiary/aromatic N) is 1. The van der Waals surface area contributed by atoms with Gasteiger partial charge in [0.1, 0.15) is 23.2 Å². The molecule has 3 aromatic carbocycles. The van der Waals surface area contributed by atoms with Crippen molar-refractivity contribution in [3.8, 4) is 23.3 Å². The van der Waals surface area contributed by atoms with E-state index in [2.05, 4.69) is 10.6 Å². The van der Waals surface area contributed by atoms with Gasteiger partial charge >= 0.3 is 0 Å². The Kier molecular flexibility index (Phi) is 8.40. The minimum Gasteiger partial charge on any atom is -0.497 e.